The summed E-state index contributed by atoms with van der Waals surface area (Å²) in [5, 5.41) is 11.1. The zero-order valence-corrected chi connectivity index (χ0v) is 19.7. The minimum absolute atomic E-state index is 0.353. The number of ether oxygens (including phenoxy) is 1. The number of aliphatic hydroxyl groups is 1. The second-order valence-electron chi connectivity index (χ2n) is 9.15. The summed E-state index contributed by atoms with van der Waals surface area (Å²) in [6.07, 6.45) is 3.83. The third kappa shape index (κ3) is 6.67. The van der Waals surface area contributed by atoms with Crippen molar-refractivity contribution in [1.29, 1.82) is 0 Å². The molecule has 31 heavy (non-hydrogen) atoms. The molecule has 7 heteroatoms. The number of pyridine rings is 1. The number of allylic oxidation sites excluding steroid dienone is 2. The molecule has 1 aliphatic rings. The van der Waals surface area contributed by atoms with E-state index in [1.807, 2.05) is 52.9 Å². The fourth-order valence-corrected chi connectivity index (χ4v) is 3.24. The van der Waals surface area contributed by atoms with Gasteiger partial charge < -0.3 is 19.6 Å². The second kappa shape index (κ2) is 10.1. The number of amides is 1. The van der Waals surface area contributed by atoms with E-state index < -0.39 is 11.7 Å². The predicted octanol–water partition coefficient (Wildman–Crippen LogP) is 3.49. The van der Waals surface area contributed by atoms with Crippen LogP contribution in [0, 0.1) is 0 Å². The molecule has 0 spiro atoms. The highest BCUT2D eigenvalue weighted by molar-refractivity contribution is 5.69. The van der Waals surface area contributed by atoms with Crippen LogP contribution in [-0.4, -0.2) is 70.7 Å². The first kappa shape index (κ1) is 24.6. The fraction of sp³-hybridized carbons (Fsp3) is 0.500. The maximum absolute atomic E-state index is 12.4. The quantitative estimate of drug-likeness (QED) is 0.640. The van der Waals surface area contributed by atoms with E-state index in [9.17, 15) is 9.90 Å². The molecule has 1 aliphatic heterocycles. The zero-order chi connectivity index (χ0) is 23.3. The van der Waals surface area contributed by atoms with E-state index >= 15 is 0 Å². The summed E-state index contributed by atoms with van der Waals surface area (Å²) in [5.41, 5.74) is 3.24. The number of nitrogens with zero attached hydrogens (tertiary/aromatic N) is 4. The van der Waals surface area contributed by atoms with E-state index in [0.29, 0.717) is 30.1 Å². The van der Waals surface area contributed by atoms with E-state index in [4.69, 9.17) is 4.74 Å². The number of aromatic nitrogens is 1. The molecule has 0 saturated carbocycles. The van der Waals surface area contributed by atoms with Gasteiger partial charge in [0.25, 0.3) is 0 Å². The van der Waals surface area contributed by atoms with E-state index in [2.05, 4.69) is 23.0 Å². The molecule has 2 heterocycles. The molecule has 1 amide bonds. The molecule has 1 N–H and O–H groups in total. The van der Waals surface area contributed by atoms with Crippen LogP contribution in [-0.2, 0) is 17.8 Å². The summed E-state index contributed by atoms with van der Waals surface area (Å²) in [5.74, 6) is 0. The standard InChI is InChI=1S/C24H36N4O3/c1-9-10-20(17(2)27(8)12-11-26(6)7)22(29)21-13-18-15-28(16-19(18)14-25-21)23(30)31-24(3,4)5/h9-10,13-14,22,29H,1-2,11-12,15-16H2,3-8H3/b20-10+. The Morgan fingerprint density at radius 3 is 2.52 bits per heavy atom. The lowest BCUT2D eigenvalue weighted by atomic mass is 10.0. The molecule has 2 rings (SSSR count). The molecule has 1 aromatic rings. The van der Waals surface area contributed by atoms with Gasteiger partial charge in [0.2, 0.25) is 0 Å². The van der Waals surface area contributed by atoms with Gasteiger partial charge in [0.15, 0.2) is 0 Å². The van der Waals surface area contributed by atoms with Crippen LogP contribution >= 0.6 is 0 Å². The van der Waals surface area contributed by atoms with Gasteiger partial charge in [0.05, 0.1) is 12.2 Å². The van der Waals surface area contributed by atoms with Crippen LogP contribution in [0.3, 0.4) is 0 Å². The van der Waals surface area contributed by atoms with Crippen molar-refractivity contribution in [2.75, 3.05) is 34.2 Å². The molecular weight excluding hydrogens is 392 g/mol. The normalized spacial score (nSPS) is 15.0. The SMILES string of the molecule is C=C/C=C(\C(=C)N(C)CCN(C)C)C(O)c1cc2c(cn1)CN(C(=O)OC(C)(C)C)C2. The average Bonchev–Trinajstić information content (AvgIpc) is 3.11. The number of aliphatic hydroxyl groups excluding tert-OH is 1. The van der Waals surface area contributed by atoms with Gasteiger partial charge in [0.1, 0.15) is 11.7 Å². The lowest BCUT2D eigenvalue weighted by molar-refractivity contribution is 0.0242. The monoisotopic (exact) mass is 428 g/mol. The molecule has 0 aromatic carbocycles. The highest BCUT2D eigenvalue weighted by atomic mass is 16.6. The first-order chi connectivity index (χ1) is 14.4. The Balaban J connectivity index is 2.17. The summed E-state index contributed by atoms with van der Waals surface area (Å²) in [7, 11) is 5.98. The Kier molecular flexibility index (Phi) is 8.03. The Morgan fingerprint density at radius 2 is 1.94 bits per heavy atom. The van der Waals surface area contributed by atoms with Gasteiger partial charge >= 0.3 is 6.09 Å². The topological polar surface area (TPSA) is 69.1 Å². The minimum atomic E-state index is -0.951. The summed E-state index contributed by atoms with van der Waals surface area (Å²) in [6, 6.07) is 1.86. The van der Waals surface area contributed by atoms with Crippen LogP contribution in [0.4, 0.5) is 4.79 Å². The number of hydrogen-bond donors (Lipinski definition) is 1. The summed E-state index contributed by atoms with van der Waals surface area (Å²) in [4.78, 5) is 22.6. The summed E-state index contributed by atoms with van der Waals surface area (Å²) < 4.78 is 5.47. The van der Waals surface area contributed by atoms with Gasteiger partial charge in [0, 0.05) is 44.1 Å². The van der Waals surface area contributed by atoms with Crippen molar-refractivity contribution < 1.29 is 14.6 Å². The van der Waals surface area contributed by atoms with Crippen LogP contribution in [0.5, 0.6) is 0 Å². The fourth-order valence-electron chi connectivity index (χ4n) is 3.24. The Morgan fingerprint density at radius 1 is 1.29 bits per heavy atom. The lowest BCUT2D eigenvalue weighted by Crippen LogP contribution is -2.33. The van der Waals surface area contributed by atoms with Crippen molar-refractivity contribution >= 4 is 6.09 Å². The van der Waals surface area contributed by atoms with Crippen molar-refractivity contribution in [2.45, 2.75) is 45.6 Å². The number of hydrogen-bond acceptors (Lipinski definition) is 6. The molecule has 170 valence electrons. The van der Waals surface area contributed by atoms with Gasteiger partial charge in [-0.25, -0.2) is 4.79 Å². The summed E-state index contributed by atoms with van der Waals surface area (Å²) >= 11 is 0. The van der Waals surface area contributed by atoms with Crippen LogP contribution in [0.25, 0.3) is 0 Å². The van der Waals surface area contributed by atoms with E-state index in [1.54, 1.807) is 23.2 Å². The van der Waals surface area contributed by atoms with Gasteiger partial charge in [-0.1, -0.05) is 25.3 Å². The molecule has 7 nitrogen and oxygen atoms in total. The van der Waals surface area contributed by atoms with E-state index in [0.717, 1.165) is 24.2 Å². The molecule has 0 saturated heterocycles. The van der Waals surface area contributed by atoms with Crippen LogP contribution in [0.2, 0.25) is 0 Å². The van der Waals surface area contributed by atoms with Crippen LogP contribution < -0.4 is 0 Å². The minimum Gasteiger partial charge on any atom is -0.444 e. The number of rotatable bonds is 8. The second-order valence-corrected chi connectivity index (χ2v) is 9.15. The van der Waals surface area contributed by atoms with Crippen molar-refractivity contribution in [2.24, 2.45) is 0 Å². The number of fused-ring (bicyclic) bond motifs is 1. The Hall–Kier alpha value is -2.64. The van der Waals surface area contributed by atoms with Crippen molar-refractivity contribution in [3.63, 3.8) is 0 Å². The average molecular weight is 429 g/mol. The van der Waals surface area contributed by atoms with Gasteiger partial charge in [-0.2, -0.15) is 0 Å². The lowest BCUT2D eigenvalue weighted by Gasteiger charge is -2.27. The van der Waals surface area contributed by atoms with Crippen molar-refractivity contribution in [3.8, 4) is 0 Å². The van der Waals surface area contributed by atoms with Gasteiger partial charge in [-0.15, -0.1) is 0 Å². The molecule has 0 radical (unpaired) electrons. The Labute approximate surface area is 186 Å². The highest BCUT2D eigenvalue weighted by Gasteiger charge is 2.29. The molecular formula is C24H36N4O3. The van der Waals surface area contributed by atoms with Crippen molar-refractivity contribution in [1.82, 2.24) is 19.7 Å². The van der Waals surface area contributed by atoms with E-state index in [1.165, 1.54) is 0 Å². The molecule has 0 aliphatic carbocycles. The van der Waals surface area contributed by atoms with Gasteiger partial charge in [-0.3, -0.25) is 9.88 Å². The molecule has 1 unspecified atom stereocenters. The first-order valence-electron chi connectivity index (χ1n) is 10.4. The van der Waals surface area contributed by atoms with Gasteiger partial charge in [-0.05, 0) is 52.1 Å². The first-order valence-corrected chi connectivity index (χ1v) is 10.4. The zero-order valence-electron chi connectivity index (χ0n) is 19.7. The smallest absolute Gasteiger partial charge is 0.410 e. The molecule has 1 aromatic heterocycles. The van der Waals surface area contributed by atoms with E-state index in [-0.39, 0.29) is 6.09 Å². The summed E-state index contributed by atoms with van der Waals surface area (Å²) in [6.45, 7) is 16.0. The van der Waals surface area contributed by atoms with Crippen LogP contribution in [0.1, 0.15) is 43.7 Å². The maximum atomic E-state index is 12.4. The largest absolute Gasteiger partial charge is 0.444 e. The predicted molar refractivity (Wildman–Crippen MR) is 123 cm³/mol. The number of carbonyl (C=O) groups is 1. The van der Waals surface area contributed by atoms with Crippen molar-refractivity contribution in [3.05, 3.63) is 65.7 Å². The third-order valence-corrected chi connectivity index (χ3v) is 5.03. The highest BCUT2D eigenvalue weighted by Crippen LogP contribution is 2.31. The molecule has 0 fully saturated rings. The number of carbonyl (C=O) groups excluding carboxylic acids is 1. The number of likely N-dealkylation sites (N-methyl/N-ethyl adjacent to an activating group) is 2. The third-order valence-electron chi connectivity index (χ3n) is 5.03. The Bertz CT molecular complexity index is 855. The van der Waals surface area contributed by atoms with Crippen LogP contribution in [0.15, 0.2) is 48.8 Å². The molecule has 1 atom stereocenters. The molecule has 0 bridgehead atoms. The maximum Gasteiger partial charge on any atom is 0.410 e.